The number of nitrogens with one attached hydrogen (secondary N) is 2. The van der Waals surface area contributed by atoms with Crippen LogP contribution in [0.3, 0.4) is 0 Å². The fourth-order valence-corrected chi connectivity index (χ4v) is 2.77. The number of carbonyl (C=O) groups excluding carboxylic acids is 1. The minimum absolute atomic E-state index is 0.159. The predicted octanol–water partition coefficient (Wildman–Crippen LogP) is 1.23. The molecule has 1 aliphatic heterocycles. The van der Waals surface area contributed by atoms with E-state index in [9.17, 15) is 4.79 Å². The summed E-state index contributed by atoms with van der Waals surface area (Å²) in [5.74, 6) is 5.50. The first-order chi connectivity index (χ1) is 9.63. The van der Waals surface area contributed by atoms with Crippen molar-refractivity contribution in [3.63, 3.8) is 0 Å². The van der Waals surface area contributed by atoms with E-state index in [4.69, 9.17) is 17.4 Å². The van der Waals surface area contributed by atoms with Gasteiger partial charge >= 0.3 is 0 Å². The predicted molar refractivity (Wildman–Crippen MR) is 79.7 cm³/mol. The average Bonchev–Trinajstić information content (AvgIpc) is 2.91. The molecule has 2 rings (SSSR count). The van der Waals surface area contributed by atoms with Crippen LogP contribution in [0.4, 0.5) is 5.82 Å². The van der Waals surface area contributed by atoms with Gasteiger partial charge in [0.1, 0.15) is 11.0 Å². The Balaban J connectivity index is 1.96. The van der Waals surface area contributed by atoms with Crippen molar-refractivity contribution in [2.45, 2.75) is 25.8 Å². The second kappa shape index (κ2) is 6.88. The third kappa shape index (κ3) is 3.59. The van der Waals surface area contributed by atoms with Crippen molar-refractivity contribution in [2.75, 3.05) is 25.1 Å². The van der Waals surface area contributed by atoms with Gasteiger partial charge in [-0.15, -0.1) is 0 Å². The Bertz CT molecular complexity index is 482. The summed E-state index contributed by atoms with van der Waals surface area (Å²) in [6, 6.07) is 3.53. The zero-order chi connectivity index (χ0) is 14.5. The molecule has 0 aromatic carbocycles. The van der Waals surface area contributed by atoms with Crippen LogP contribution < -0.4 is 16.6 Å². The largest absolute Gasteiger partial charge is 0.350 e. The maximum Gasteiger partial charge on any atom is 0.251 e. The van der Waals surface area contributed by atoms with Crippen LogP contribution in [0.2, 0.25) is 5.15 Å². The van der Waals surface area contributed by atoms with Crippen LogP contribution in [0.5, 0.6) is 0 Å². The molecule has 1 aliphatic rings. The molecule has 0 saturated carbocycles. The molecular weight excluding hydrogens is 278 g/mol. The van der Waals surface area contributed by atoms with Gasteiger partial charge in [0, 0.05) is 18.2 Å². The quantitative estimate of drug-likeness (QED) is 0.433. The van der Waals surface area contributed by atoms with E-state index >= 15 is 0 Å². The molecule has 1 saturated heterocycles. The molecule has 1 aromatic heterocycles. The van der Waals surface area contributed by atoms with E-state index in [-0.39, 0.29) is 11.1 Å². The van der Waals surface area contributed by atoms with Crippen LogP contribution in [0.15, 0.2) is 12.1 Å². The summed E-state index contributed by atoms with van der Waals surface area (Å²) in [5.41, 5.74) is 2.85. The average molecular weight is 298 g/mol. The van der Waals surface area contributed by atoms with Crippen molar-refractivity contribution in [3.05, 3.63) is 22.8 Å². The lowest BCUT2D eigenvalue weighted by molar-refractivity contribution is 0.0941. The summed E-state index contributed by atoms with van der Waals surface area (Å²) in [4.78, 5) is 18.5. The van der Waals surface area contributed by atoms with Crippen molar-refractivity contribution in [2.24, 2.45) is 5.84 Å². The van der Waals surface area contributed by atoms with E-state index in [0.717, 1.165) is 19.5 Å². The van der Waals surface area contributed by atoms with Gasteiger partial charge in [0.05, 0.1) is 0 Å². The molecule has 1 fully saturated rings. The third-order valence-corrected chi connectivity index (χ3v) is 3.80. The molecular formula is C13H20ClN5O. The fourth-order valence-electron chi connectivity index (χ4n) is 2.56. The first-order valence-electron chi connectivity index (χ1n) is 6.80. The Hall–Kier alpha value is -1.37. The number of likely N-dealkylation sites (tertiary alicyclic amines) is 1. The summed E-state index contributed by atoms with van der Waals surface area (Å²) < 4.78 is 0. The first-order valence-corrected chi connectivity index (χ1v) is 7.18. The highest BCUT2D eigenvalue weighted by Crippen LogP contribution is 2.17. The van der Waals surface area contributed by atoms with Crippen LogP contribution in [-0.2, 0) is 0 Å². The van der Waals surface area contributed by atoms with Crippen LogP contribution in [0.25, 0.3) is 0 Å². The standard InChI is InChI=1S/C13H20ClN5O/c1-2-19-5-3-4-10(19)8-16-13(20)9-6-11(14)17-12(7-9)18-15/h6-7,10H,2-5,8,15H2,1H3,(H,16,20)(H,17,18). The number of anilines is 1. The van der Waals surface area contributed by atoms with Gasteiger partial charge in [-0.2, -0.15) is 0 Å². The van der Waals surface area contributed by atoms with Gasteiger partial charge in [-0.05, 0) is 38.1 Å². The van der Waals surface area contributed by atoms with Gasteiger partial charge < -0.3 is 10.7 Å². The van der Waals surface area contributed by atoms with Crippen molar-refractivity contribution >= 4 is 23.3 Å². The van der Waals surface area contributed by atoms with E-state index in [1.54, 1.807) is 6.07 Å². The Morgan fingerprint density at radius 3 is 3.10 bits per heavy atom. The number of likely N-dealkylation sites (N-methyl/N-ethyl adjacent to an activating group) is 1. The zero-order valence-corrected chi connectivity index (χ0v) is 12.3. The van der Waals surface area contributed by atoms with Gasteiger partial charge in [0.2, 0.25) is 0 Å². The highest BCUT2D eigenvalue weighted by Gasteiger charge is 2.23. The molecule has 1 atom stereocenters. The smallest absolute Gasteiger partial charge is 0.251 e. The molecule has 4 N–H and O–H groups in total. The maximum atomic E-state index is 12.1. The Labute approximate surface area is 123 Å². The van der Waals surface area contributed by atoms with Crippen molar-refractivity contribution in [1.82, 2.24) is 15.2 Å². The normalized spacial score (nSPS) is 19.1. The highest BCUT2D eigenvalue weighted by molar-refractivity contribution is 6.29. The van der Waals surface area contributed by atoms with Crippen molar-refractivity contribution < 1.29 is 4.79 Å². The molecule has 2 heterocycles. The number of hydrogen-bond donors (Lipinski definition) is 3. The minimum Gasteiger partial charge on any atom is -0.350 e. The first kappa shape index (κ1) is 15.0. The number of nitrogen functional groups attached to an aromatic ring is 1. The Kier molecular flexibility index (Phi) is 5.17. The summed E-state index contributed by atoms with van der Waals surface area (Å²) in [7, 11) is 0. The van der Waals surface area contributed by atoms with Gasteiger partial charge in [-0.25, -0.2) is 10.8 Å². The molecule has 1 amide bonds. The number of pyridine rings is 1. The summed E-state index contributed by atoms with van der Waals surface area (Å²) >= 11 is 5.85. The number of hydrogen-bond acceptors (Lipinski definition) is 5. The minimum atomic E-state index is -0.159. The number of carbonyl (C=O) groups is 1. The van der Waals surface area contributed by atoms with Gasteiger partial charge in [0.15, 0.2) is 0 Å². The Morgan fingerprint density at radius 1 is 1.60 bits per heavy atom. The van der Waals surface area contributed by atoms with Gasteiger partial charge in [0.25, 0.3) is 5.91 Å². The van der Waals surface area contributed by atoms with Crippen LogP contribution >= 0.6 is 11.6 Å². The molecule has 20 heavy (non-hydrogen) atoms. The number of nitrogens with zero attached hydrogens (tertiary/aromatic N) is 2. The lowest BCUT2D eigenvalue weighted by Gasteiger charge is -2.22. The molecule has 7 heteroatoms. The molecule has 6 nitrogen and oxygen atoms in total. The van der Waals surface area contributed by atoms with E-state index in [2.05, 4.69) is 27.6 Å². The molecule has 0 spiro atoms. The monoisotopic (exact) mass is 297 g/mol. The second-order valence-corrected chi connectivity index (χ2v) is 5.23. The number of nitrogens with two attached hydrogens (primary N) is 1. The van der Waals surface area contributed by atoms with Crippen molar-refractivity contribution in [3.8, 4) is 0 Å². The van der Waals surface area contributed by atoms with Gasteiger partial charge in [-0.3, -0.25) is 9.69 Å². The maximum absolute atomic E-state index is 12.1. The van der Waals surface area contributed by atoms with E-state index < -0.39 is 0 Å². The van der Waals surface area contributed by atoms with E-state index in [0.29, 0.717) is 24.0 Å². The molecule has 0 aliphatic carbocycles. The number of halogens is 1. The number of rotatable bonds is 5. The zero-order valence-electron chi connectivity index (χ0n) is 11.5. The van der Waals surface area contributed by atoms with Crippen LogP contribution in [0, 0.1) is 0 Å². The van der Waals surface area contributed by atoms with E-state index in [1.165, 1.54) is 12.5 Å². The number of hydrazine groups is 1. The topological polar surface area (TPSA) is 83.3 Å². The second-order valence-electron chi connectivity index (χ2n) is 4.84. The van der Waals surface area contributed by atoms with Crippen molar-refractivity contribution in [1.29, 1.82) is 0 Å². The van der Waals surface area contributed by atoms with Crippen LogP contribution in [0.1, 0.15) is 30.1 Å². The summed E-state index contributed by atoms with van der Waals surface area (Å²) in [6.45, 7) is 4.92. The summed E-state index contributed by atoms with van der Waals surface area (Å²) in [5, 5.41) is 3.19. The summed E-state index contributed by atoms with van der Waals surface area (Å²) in [6.07, 6.45) is 2.32. The van der Waals surface area contributed by atoms with E-state index in [1.807, 2.05) is 0 Å². The molecule has 0 bridgehead atoms. The Morgan fingerprint density at radius 2 is 2.40 bits per heavy atom. The fraction of sp³-hybridized carbons (Fsp3) is 0.538. The third-order valence-electron chi connectivity index (χ3n) is 3.61. The number of amides is 1. The molecule has 110 valence electrons. The lowest BCUT2D eigenvalue weighted by atomic mass is 10.2. The van der Waals surface area contributed by atoms with Crippen LogP contribution in [-0.4, -0.2) is 41.5 Å². The molecule has 1 aromatic rings. The number of aromatic nitrogens is 1. The molecule has 0 radical (unpaired) electrons. The SMILES string of the molecule is CCN1CCCC1CNC(=O)c1cc(Cl)nc(NN)c1. The molecule has 1 unspecified atom stereocenters. The van der Waals surface area contributed by atoms with Gasteiger partial charge in [-0.1, -0.05) is 18.5 Å². The highest BCUT2D eigenvalue weighted by atomic mass is 35.5. The lowest BCUT2D eigenvalue weighted by Crippen LogP contribution is -2.40.